The van der Waals surface area contributed by atoms with Gasteiger partial charge < -0.3 is 15.4 Å². The highest BCUT2D eigenvalue weighted by atomic mass is 32.1. The van der Waals surface area contributed by atoms with Crippen molar-refractivity contribution in [3.8, 4) is 5.75 Å². The van der Waals surface area contributed by atoms with Crippen LogP contribution in [0.3, 0.4) is 0 Å². The second kappa shape index (κ2) is 7.80. The Balaban J connectivity index is 1.98. The Labute approximate surface area is 137 Å². The van der Waals surface area contributed by atoms with Crippen molar-refractivity contribution in [1.29, 1.82) is 0 Å². The third-order valence-electron chi connectivity index (χ3n) is 3.59. The fraction of sp³-hybridized carbons (Fsp3) is 0.278. The van der Waals surface area contributed by atoms with Gasteiger partial charge in [0.2, 0.25) is 0 Å². The van der Waals surface area contributed by atoms with Gasteiger partial charge >= 0.3 is 0 Å². The molecule has 2 aromatic carbocycles. The average molecular weight is 314 g/mol. The monoisotopic (exact) mass is 314 g/mol. The smallest absolute Gasteiger partial charge is 0.171 e. The number of hydrogen-bond acceptors (Lipinski definition) is 2. The van der Waals surface area contributed by atoms with Crippen LogP contribution in [0.5, 0.6) is 5.75 Å². The van der Waals surface area contributed by atoms with E-state index in [0.717, 1.165) is 17.9 Å². The van der Waals surface area contributed by atoms with Gasteiger partial charge in [-0.05, 0) is 48.8 Å². The summed E-state index contributed by atoms with van der Waals surface area (Å²) in [4.78, 5) is 0. The molecule has 0 aliphatic carbocycles. The third kappa shape index (κ3) is 4.21. The van der Waals surface area contributed by atoms with Gasteiger partial charge in [0.25, 0.3) is 0 Å². The van der Waals surface area contributed by atoms with Gasteiger partial charge in [-0.25, -0.2) is 0 Å². The largest absolute Gasteiger partial charge is 0.495 e. The van der Waals surface area contributed by atoms with E-state index in [4.69, 9.17) is 17.0 Å². The lowest BCUT2D eigenvalue weighted by atomic mass is 10.1. The SMILES string of the molecule is CCc1ccc(C(C)NC(=S)Nc2ccccc2OC)cc1. The predicted octanol–water partition coefficient (Wildman–Crippen LogP) is 4.31. The van der Waals surface area contributed by atoms with Crippen molar-refractivity contribution in [2.24, 2.45) is 0 Å². The van der Waals surface area contributed by atoms with Gasteiger partial charge in [0.1, 0.15) is 5.75 Å². The van der Waals surface area contributed by atoms with Crippen molar-refractivity contribution in [3.05, 3.63) is 59.7 Å². The predicted molar refractivity (Wildman–Crippen MR) is 96.6 cm³/mol. The molecule has 0 amide bonds. The van der Waals surface area contributed by atoms with Crippen LogP contribution in [-0.4, -0.2) is 12.2 Å². The van der Waals surface area contributed by atoms with Crippen molar-refractivity contribution < 1.29 is 4.74 Å². The molecule has 0 heterocycles. The molecule has 0 bridgehead atoms. The maximum Gasteiger partial charge on any atom is 0.171 e. The van der Waals surface area contributed by atoms with Gasteiger partial charge in [-0.1, -0.05) is 43.3 Å². The number of methoxy groups -OCH3 is 1. The van der Waals surface area contributed by atoms with E-state index < -0.39 is 0 Å². The molecule has 2 rings (SSSR count). The molecule has 0 saturated carbocycles. The normalized spacial score (nSPS) is 11.6. The standard InChI is InChI=1S/C18H22N2OS/c1-4-14-9-11-15(12-10-14)13(2)19-18(22)20-16-7-5-6-8-17(16)21-3/h5-13H,4H2,1-3H3,(H2,19,20,22). The summed E-state index contributed by atoms with van der Waals surface area (Å²) >= 11 is 5.39. The number of aryl methyl sites for hydroxylation is 1. The minimum atomic E-state index is 0.139. The van der Waals surface area contributed by atoms with E-state index in [1.54, 1.807) is 7.11 Å². The number of rotatable bonds is 5. The molecule has 22 heavy (non-hydrogen) atoms. The van der Waals surface area contributed by atoms with Crippen molar-refractivity contribution >= 4 is 23.0 Å². The van der Waals surface area contributed by atoms with Gasteiger partial charge in [0, 0.05) is 0 Å². The number of benzene rings is 2. The van der Waals surface area contributed by atoms with E-state index >= 15 is 0 Å². The van der Waals surface area contributed by atoms with Crippen LogP contribution in [0.15, 0.2) is 48.5 Å². The zero-order valence-corrected chi connectivity index (χ0v) is 14.0. The molecule has 4 heteroatoms. The highest BCUT2D eigenvalue weighted by Gasteiger charge is 2.09. The fourth-order valence-corrected chi connectivity index (χ4v) is 2.52. The molecular weight excluding hydrogens is 292 g/mol. The molecule has 1 unspecified atom stereocenters. The quantitative estimate of drug-likeness (QED) is 0.806. The second-order valence-electron chi connectivity index (χ2n) is 5.12. The average Bonchev–Trinajstić information content (AvgIpc) is 2.55. The summed E-state index contributed by atoms with van der Waals surface area (Å²) in [5, 5.41) is 7.06. The first-order valence-electron chi connectivity index (χ1n) is 7.43. The van der Waals surface area contributed by atoms with Crippen LogP contribution < -0.4 is 15.4 Å². The molecule has 0 spiro atoms. The van der Waals surface area contributed by atoms with E-state index in [1.165, 1.54) is 11.1 Å². The molecule has 2 N–H and O–H groups in total. The van der Waals surface area contributed by atoms with Crippen LogP contribution >= 0.6 is 12.2 Å². The highest BCUT2D eigenvalue weighted by Crippen LogP contribution is 2.23. The lowest BCUT2D eigenvalue weighted by molar-refractivity contribution is 0.417. The van der Waals surface area contributed by atoms with Gasteiger partial charge in [-0.15, -0.1) is 0 Å². The van der Waals surface area contributed by atoms with E-state index in [-0.39, 0.29) is 6.04 Å². The molecule has 0 aliphatic rings. The Morgan fingerprint density at radius 2 is 1.82 bits per heavy atom. The number of para-hydroxylation sites is 2. The minimum Gasteiger partial charge on any atom is -0.495 e. The van der Waals surface area contributed by atoms with E-state index in [0.29, 0.717) is 5.11 Å². The summed E-state index contributed by atoms with van der Waals surface area (Å²) < 4.78 is 5.31. The Kier molecular flexibility index (Phi) is 5.78. The molecule has 0 aromatic heterocycles. The van der Waals surface area contributed by atoms with Crippen LogP contribution in [-0.2, 0) is 6.42 Å². The first kappa shape index (κ1) is 16.3. The van der Waals surface area contributed by atoms with Gasteiger partial charge in [-0.3, -0.25) is 0 Å². The first-order chi connectivity index (χ1) is 10.6. The summed E-state index contributed by atoms with van der Waals surface area (Å²) in [6.07, 6.45) is 1.05. The highest BCUT2D eigenvalue weighted by molar-refractivity contribution is 7.80. The molecule has 1 atom stereocenters. The Morgan fingerprint density at radius 1 is 1.14 bits per heavy atom. The lowest BCUT2D eigenvalue weighted by Gasteiger charge is -2.18. The summed E-state index contributed by atoms with van der Waals surface area (Å²) in [7, 11) is 1.65. The molecule has 0 radical (unpaired) electrons. The number of nitrogens with one attached hydrogen (secondary N) is 2. The first-order valence-corrected chi connectivity index (χ1v) is 7.84. The van der Waals surface area contributed by atoms with Crippen LogP contribution in [0.1, 0.15) is 31.0 Å². The number of hydrogen-bond donors (Lipinski definition) is 2. The van der Waals surface area contributed by atoms with Gasteiger partial charge in [-0.2, -0.15) is 0 Å². The minimum absolute atomic E-state index is 0.139. The maximum absolute atomic E-state index is 5.39. The molecule has 2 aromatic rings. The van der Waals surface area contributed by atoms with Gasteiger partial charge in [0.05, 0.1) is 18.8 Å². The van der Waals surface area contributed by atoms with E-state index in [2.05, 4.69) is 48.7 Å². The summed E-state index contributed by atoms with van der Waals surface area (Å²) in [5.74, 6) is 0.770. The number of anilines is 1. The topological polar surface area (TPSA) is 33.3 Å². The summed E-state index contributed by atoms with van der Waals surface area (Å²) in [6.45, 7) is 4.25. The lowest BCUT2D eigenvalue weighted by Crippen LogP contribution is -2.31. The van der Waals surface area contributed by atoms with Crippen LogP contribution in [0.4, 0.5) is 5.69 Å². The Hall–Kier alpha value is -2.07. The zero-order valence-electron chi connectivity index (χ0n) is 13.2. The van der Waals surface area contributed by atoms with E-state index in [1.807, 2.05) is 24.3 Å². The summed E-state index contributed by atoms with van der Waals surface area (Å²) in [6, 6.07) is 16.4. The number of thiocarbonyl (C=S) groups is 1. The third-order valence-corrected chi connectivity index (χ3v) is 3.81. The second-order valence-corrected chi connectivity index (χ2v) is 5.52. The maximum atomic E-state index is 5.39. The molecule has 3 nitrogen and oxygen atoms in total. The van der Waals surface area contributed by atoms with Crippen LogP contribution in [0, 0.1) is 0 Å². The number of ether oxygens (including phenoxy) is 1. The zero-order chi connectivity index (χ0) is 15.9. The molecule has 0 aliphatic heterocycles. The molecule has 116 valence electrons. The van der Waals surface area contributed by atoms with Gasteiger partial charge in [0.15, 0.2) is 5.11 Å². The molecule has 0 saturated heterocycles. The van der Waals surface area contributed by atoms with Crippen LogP contribution in [0.2, 0.25) is 0 Å². The van der Waals surface area contributed by atoms with Crippen LogP contribution in [0.25, 0.3) is 0 Å². The van der Waals surface area contributed by atoms with E-state index in [9.17, 15) is 0 Å². The van der Waals surface area contributed by atoms with Crippen molar-refractivity contribution in [2.75, 3.05) is 12.4 Å². The van der Waals surface area contributed by atoms with Crippen molar-refractivity contribution in [2.45, 2.75) is 26.3 Å². The van der Waals surface area contributed by atoms with Crippen molar-refractivity contribution in [1.82, 2.24) is 5.32 Å². The fourth-order valence-electron chi connectivity index (χ4n) is 2.23. The van der Waals surface area contributed by atoms with Crippen molar-refractivity contribution in [3.63, 3.8) is 0 Å². The Bertz CT molecular complexity index is 625. The molecule has 0 fully saturated rings. The Morgan fingerprint density at radius 3 is 2.45 bits per heavy atom. The summed E-state index contributed by atoms with van der Waals surface area (Å²) in [5.41, 5.74) is 3.41. The molecular formula is C18H22N2OS.